The van der Waals surface area contributed by atoms with Crippen molar-refractivity contribution < 1.29 is 28.7 Å². The van der Waals surface area contributed by atoms with Gasteiger partial charge in [0, 0.05) is 5.57 Å². The predicted octanol–water partition coefficient (Wildman–Crippen LogP) is 0.902. The molecule has 0 fully saturated rings. The second kappa shape index (κ2) is 9.17. The van der Waals surface area contributed by atoms with Gasteiger partial charge in [0.15, 0.2) is 5.76 Å². The smallest absolute Gasteiger partial charge is 0.240 e. The van der Waals surface area contributed by atoms with Crippen LogP contribution in [0.3, 0.4) is 0 Å². The number of aryl methyl sites for hydroxylation is 1. The van der Waals surface area contributed by atoms with E-state index in [0.717, 1.165) is 11.3 Å². The van der Waals surface area contributed by atoms with Gasteiger partial charge in [-0.3, -0.25) is 9.59 Å². The number of Topliss-reactive ketones (excluding diaryl/α,β-unsaturated/α-hetero) is 1. The van der Waals surface area contributed by atoms with Crippen molar-refractivity contribution in [3.05, 3.63) is 64.8 Å². The average Bonchev–Trinajstić information content (AvgIpc) is 3.26. The molecule has 0 saturated carbocycles. The zero-order chi connectivity index (χ0) is 21.8. The lowest BCUT2D eigenvalue weighted by atomic mass is 9.95. The van der Waals surface area contributed by atoms with Crippen molar-refractivity contribution in [2.45, 2.75) is 26.3 Å². The monoisotopic (exact) mass is 412 g/mol. The van der Waals surface area contributed by atoms with Crippen LogP contribution in [-0.4, -0.2) is 50.4 Å². The summed E-state index contributed by atoms with van der Waals surface area (Å²) in [5, 5.41) is 12.9. The fourth-order valence-corrected chi connectivity index (χ4v) is 3.45. The summed E-state index contributed by atoms with van der Waals surface area (Å²) >= 11 is 0. The number of ether oxygens (including phenoxy) is 1. The van der Waals surface area contributed by atoms with E-state index in [4.69, 9.17) is 9.15 Å². The van der Waals surface area contributed by atoms with Crippen LogP contribution >= 0.6 is 0 Å². The lowest BCUT2D eigenvalue weighted by molar-refractivity contribution is -0.857. The lowest BCUT2D eigenvalue weighted by Crippen LogP contribution is -3.06. The number of furan rings is 1. The van der Waals surface area contributed by atoms with Crippen molar-refractivity contribution in [3.8, 4) is 5.75 Å². The van der Waals surface area contributed by atoms with Gasteiger partial charge in [-0.25, -0.2) is 0 Å². The number of likely N-dealkylation sites (N-methyl/N-ethyl adjacent to an activating group) is 1. The number of rotatable bonds is 9. The Kier molecular flexibility index (Phi) is 6.62. The van der Waals surface area contributed by atoms with Gasteiger partial charge in [-0.15, -0.1) is 0 Å². The third kappa shape index (κ3) is 4.41. The van der Waals surface area contributed by atoms with Gasteiger partial charge < -0.3 is 24.1 Å². The van der Waals surface area contributed by atoms with Crippen LogP contribution in [0.1, 0.15) is 41.3 Å². The molecule has 0 radical (unpaired) electrons. The number of hydrogen-bond acceptors (Lipinski definition) is 5. The molecule has 0 bridgehead atoms. The first-order valence-corrected chi connectivity index (χ1v) is 10.2. The standard InChI is InChI=1S/C23H28N2O5/c1-5-14-29-17-9-7-16(8-10-17)20-19(21(26)18-11-6-15(2)30-18)22(27)23(28)25(20)13-12-24(3)4/h6-11,20,27H,5,12-14H2,1-4H3. The molecule has 1 aromatic heterocycles. The minimum Gasteiger partial charge on any atom is -0.868 e. The van der Waals surface area contributed by atoms with Gasteiger partial charge in [-0.05, 0) is 48.9 Å². The molecule has 1 aromatic carbocycles. The van der Waals surface area contributed by atoms with E-state index in [0.29, 0.717) is 36.8 Å². The summed E-state index contributed by atoms with van der Waals surface area (Å²) in [6.07, 6.45) is 0.892. The third-order valence-corrected chi connectivity index (χ3v) is 5.02. The van der Waals surface area contributed by atoms with E-state index in [1.54, 1.807) is 37.3 Å². The number of hydrogen-bond donors (Lipinski definition) is 1. The molecule has 1 atom stereocenters. The van der Waals surface area contributed by atoms with Crippen molar-refractivity contribution in [2.75, 3.05) is 33.8 Å². The van der Waals surface area contributed by atoms with E-state index in [1.165, 1.54) is 11.0 Å². The topological polar surface area (TPSA) is 87.2 Å². The van der Waals surface area contributed by atoms with Gasteiger partial charge >= 0.3 is 0 Å². The molecule has 7 nitrogen and oxygen atoms in total. The molecule has 2 heterocycles. The maximum absolute atomic E-state index is 13.1. The molecule has 0 spiro atoms. The number of nitrogens with zero attached hydrogens (tertiary/aromatic N) is 1. The first kappa shape index (κ1) is 21.6. The summed E-state index contributed by atoms with van der Waals surface area (Å²) in [6, 6.07) is 9.65. The summed E-state index contributed by atoms with van der Waals surface area (Å²) in [5.74, 6) is -0.625. The molecule has 160 valence electrons. The zero-order valence-electron chi connectivity index (χ0n) is 17.9. The number of nitrogens with one attached hydrogen (secondary N) is 1. The Labute approximate surface area is 176 Å². The number of benzene rings is 1. The molecule has 0 aliphatic carbocycles. The molecule has 7 heteroatoms. The molecule has 0 saturated heterocycles. The third-order valence-electron chi connectivity index (χ3n) is 5.02. The second-order valence-corrected chi connectivity index (χ2v) is 7.76. The number of carbonyl (C=O) groups is 2. The fourth-order valence-electron chi connectivity index (χ4n) is 3.45. The Balaban J connectivity index is 1.99. The lowest BCUT2D eigenvalue weighted by Gasteiger charge is -2.28. The number of carbonyl (C=O) groups excluding carboxylic acids is 2. The van der Waals surface area contributed by atoms with E-state index < -0.39 is 23.5 Å². The van der Waals surface area contributed by atoms with E-state index in [9.17, 15) is 14.7 Å². The Morgan fingerprint density at radius 3 is 2.47 bits per heavy atom. The van der Waals surface area contributed by atoms with Crippen molar-refractivity contribution in [1.82, 2.24) is 4.90 Å². The average molecular weight is 412 g/mol. The van der Waals surface area contributed by atoms with Gasteiger partial charge in [0.25, 0.3) is 0 Å². The first-order valence-electron chi connectivity index (χ1n) is 10.2. The Hall–Kier alpha value is -3.06. The molecular weight excluding hydrogens is 384 g/mol. The largest absolute Gasteiger partial charge is 0.868 e. The molecule has 2 aromatic rings. The molecule has 1 amide bonds. The molecule has 1 aliphatic rings. The van der Waals surface area contributed by atoms with Gasteiger partial charge in [-0.1, -0.05) is 19.1 Å². The predicted molar refractivity (Wildman–Crippen MR) is 109 cm³/mol. The molecule has 3 rings (SSSR count). The number of quaternary nitrogens is 1. The normalized spacial score (nSPS) is 16.6. The van der Waals surface area contributed by atoms with Crippen molar-refractivity contribution in [3.63, 3.8) is 0 Å². The van der Waals surface area contributed by atoms with Crippen LogP contribution in [-0.2, 0) is 4.79 Å². The first-order chi connectivity index (χ1) is 14.3. The Bertz CT molecular complexity index is 943. The molecule has 30 heavy (non-hydrogen) atoms. The van der Waals surface area contributed by atoms with E-state index in [1.807, 2.05) is 21.0 Å². The van der Waals surface area contributed by atoms with Crippen molar-refractivity contribution in [1.29, 1.82) is 0 Å². The number of ketones is 1. The SMILES string of the molecule is CCCOc1ccc(C2C(C(=O)c3ccc(C)o3)=C([O-])C(=O)N2CC[NH+](C)C)cc1. The highest BCUT2D eigenvalue weighted by Crippen LogP contribution is 2.38. The van der Waals surface area contributed by atoms with Crippen LogP contribution in [0.25, 0.3) is 0 Å². The maximum Gasteiger partial charge on any atom is 0.240 e. The second-order valence-electron chi connectivity index (χ2n) is 7.76. The van der Waals surface area contributed by atoms with Gasteiger partial charge in [0.05, 0.1) is 39.8 Å². The molecule has 1 unspecified atom stereocenters. The number of amides is 1. The van der Waals surface area contributed by atoms with Crippen LogP contribution in [0.15, 0.2) is 52.1 Å². The summed E-state index contributed by atoms with van der Waals surface area (Å²) in [4.78, 5) is 28.6. The van der Waals surface area contributed by atoms with E-state index in [-0.39, 0.29) is 11.3 Å². The van der Waals surface area contributed by atoms with Crippen LogP contribution in [0.4, 0.5) is 0 Å². The van der Waals surface area contributed by atoms with Crippen LogP contribution < -0.4 is 14.7 Å². The summed E-state index contributed by atoms with van der Waals surface area (Å²) in [7, 11) is 3.94. The van der Waals surface area contributed by atoms with Crippen LogP contribution in [0.5, 0.6) is 5.75 Å². The highest BCUT2D eigenvalue weighted by atomic mass is 16.5. The summed E-state index contributed by atoms with van der Waals surface area (Å²) < 4.78 is 11.1. The van der Waals surface area contributed by atoms with Crippen molar-refractivity contribution in [2.24, 2.45) is 0 Å². The van der Waals surface area contributed by atoms with Crippen LogP contribution in [0.2, 0.25) is 0 Å². The Morgan fingerprint density at radius 2 is 1.90 bits per heavy atom. The highest BCUT2D eigenvalue weighted by Gasteiger charge is 2.40. The zero-order valence-corrected chi connectivity index (χ0v) is 17.9. The van der Waals surface area contributed by atoms with Gasteiger partial charge in [0.1, 0.15) is 11.5 Å². The summed E-state index contributed by atoms with van der Waals surface area (Å²) in [5.41, 5.74) is 0.628. The van der Waals surface area contributed by atoms with E-state index in [2.05, 4.69) is 0 Å². The highest BCUT2D eigenvalue weighted by molar-refractivity contribution is 6.14. The van der Waals surface area contributed by atoms with Crippen molar-refractivity contribution >= 4 is 11.7 Å². The minimum atomic E-state index is -0.765. The van der Waals surface area contributed by atoms with Crippen LogP contribution in [0, 0.1) is 6.92 Å². The maximum atomic E-state index is 13.1. The quantitative estimate of drug-likeness (QED) is 0.619. The molecular formula is C23H28N2O5. The summed E-state index contributed by atoms with van der Waals surface area (Å²) in [6.45, 7) is 5.36. The van der Waals surface area contributed by atoms with E-state index >= 15 is 0 Å². The van der Waals surface area contributed by atoms with Gasteiger partial charge in [0.2, 0.25) is 11.7 Å². The molecule has 1 N–H and O–H groups in total. The fraction of sp³-hybridized carbons (Fsp3) is 0.391. The Morgan fingerprint density at radius 1 is 1.20 bits per heavy atom. The molecule has 1 aliphatic heterocycles. The van der Waals surface area contributed by atoms with Gasteiger partial charge in [-0.2, -0.15) is 0 Å². The minimum absolute atomic E-state index is 0.0645.